The van der Waals surface area contributed by atoms with Crippen LogP contribution >= 0.6 is 67.1 Å². The highest BCUT2D eigenvalue weighted by Crippen LogP contribution is 2.57. The molecule has 724 valence electrons. The summed E-state index contributed by atoms with van der Waals surface area (Å²) in [4.78, 5) is 182. The summed E-state index contributed by atoms with van der Waals surface area (Å²) in [5.41, 5.74) is 19.9. The predicted molar refractivity (Wildman–Crippen MR) is 447 cm³/mol. The van der Waals surface area contributed by atoms with E-state index >= 15 is 0 Å². The molecule has 0 bridgehead atoms. The fourth-order valence-corrected chi connectivity index (χ4v) is 21.5. The molecule has 0 radical (unpaired) electrons. The van der Waals surface area contributed by atoms with Gasteiger partial charge < -0.3 is 113 Å². The summed E-state index contributed by atoms with van der Waals surface area (Å²) >= 11 is 16.0. The Labute approximate surface area is 741 Å². The Balaban J connectivity index is 0.571. The molecule has 0 aromatic carbocycles. The third-order valence-corrected chi connectivity index (χ3v) is 29.3. The van der Waals surface area contributed by atoms with E-state index in [2.05, 4.69) is 49.8 Å². The highest BCUT2D eigenvalue weighted by atomic mass is 32.5. The summed E-state index contributed by atoms with van der Waals surface area (Å²) in [6, 6.07) is 1.28. The second kappa shape index (κ2) is 45.0. The number of hydrogen-bond donors (Lipinski definition) is 16. The van der Waals surface area contributed by atoms with Gasteiger partial charge in [-0.2, -0.15) is 19.9 Å². The molecule has 60 nitrogen and oxygen atoms in total. The molecule has 0 aliphatic carbocycles. The smallest absolute Gasteiger partial charge is 0.383 e. The van der Waals surface area contributed by atoms with Crippen molar-refractivity contribution >= 4 is 160 Å². The number of aromatic nitrogens is 14. The molecule has 4 fully saturated rings. The maximum Gasteiger partial charge on any atom is 0.472 e. The zero-order valence-electron chi connectivity index (χ0n) is 67.4. The van der Waals surface area contributed by atoms with E-state index in [1.54, 1.807) is 6.92 Å². The number of ether oxygens (including phenoxy) is 5. The van der Waals surface area contributed by atoms with Crippen molar-refractivity contribution in [2.45, 2.75) is 145 Å². The van der Waals surface area contributed by atoms with Crippen molar-refractivity contribution in [1.29, 1.82) is 0 Å². The molecular weight excluding hydrogens is 1980 g/mol. The van der Waals surface area contributed by atoms with Crippen LogP contribution in [0.3, 0.4) is 0 Å². The molecule has 11 heterocycles. The zero-order valence-corrected chi connectivity index (χ0v) is 77.9. The van der Waals surface area contributed by atoms with Gasteiger partial charge in [0.15, 0.2) is 39.7 Å². The molecule has 129 heavy (non-hydrogen) atoms. The van der Waals surface area contributed by atoms with Gasteiger partial charge in [-0.15, -0.1) is 0 Å². The second-order valence-electron chi connectivity index (χ2n) is 27.5. The lowest BCUT2D eigenvalue weighted by Crippen LogP contribution is -2.39. The number of nitrogens with zero attached hydrogens (tertiary/aromatic N) is 11. The van der Waals surface area contributed by atoms with Gasteiger partial charge in [-0.05, 0) is 80.0 Å². The molecule has 0 spiro atoms. The Morgan fingerprint density at radius 3 is 1.08 bits per heavy atom. The largest absolute Gasteiger partial charge is 0.472 e. The summed E-state index contributed by atoms with van der Waals surface area (Å²) in [6.45, 7) is -19.1. The number of hydrogen-bond acceptors (Lipinski definition) is 47. The van der Waals surface area contributed by atoms with E-state index in [4.69, 9.17) is 163 Å². The van der Waals surface area contributed by atoms with Crippen molar-refractivity contribution in [3.8, 4) is 0 Å². The molecule has 4 aliphatic heterocycles. The minimum absolute atomic E-state index is 0.0119. The molecule has 20 N–H and O–H groups in total. The topological polar surface area (TPSA) is 826 Å². The van der Waals surface area contributed by atoms with Crippen molar-refractivity contribution in [2.24, 2.45) is 0 Å². The SMILES string of the molecule is CC[C@H]1O[C@@H](n2cnc3c(=O)[nH]c(N)nc32)CC1OP(O)(=S)OC[C@H]1O[C@@H](n2cnc3c(=O)[nH]c(N)nc32)CC1OP(O)(=S)OC[C@H]1O[C@@H](n2cnc3c(=O)[nH]c(N)nc32)CC1OP(=O)(O)OCCCOP(=O)(O)OCCCOP(=O)(O)OCCCOP(=O)(O)OCCCOP(=O)(O)OCCCOP(=O)(O)OC[C@H]1O[C@@H](n2ccc(N)nc2=O)[C@@H](OC)C1OP(O)(=S)OC. The monoisotopic (exact) mass is 2070 g/mol. The number of phosphoric ester groups is 6. The first kappa shape index (κ1) is 105. The van der Waals surface area contributed by atoms with Crippen LogP contribution in [0, 0.1) is 0 Å². The van der Waals surface area contributed by atoms with Crippen molar-refractivity contribution in [2.75, 3.05) is 123 Å². The van der Waals surface area contributed by atoms with Crippen LogP contribution in [0.4, 0.5) is 23.7 Å². The van der Waals surface area contributed by atoms with Crippen LogP contribution in [-0.2, 0) is 168 Å². The highest BCUT2D eigenvalue weighted by Gasteiger charge is 2.52. The van der Waals surface area contributed by atoms with E-state index in [1.165, 1.54) is 45.7 Å². The first-order valence-corrected chi connectivity index (χ1v) is 54.7. The first-order chi connectivity index (χ1) is 60.6. The van der Waals surface area contributed by atoms with Crippen LogP contribution in [0.25, 0.3) is 33.5 Å². The number of nitrogen functional groups attached to an aromatic ring is 4. The van der Waals surface area contributed by atoms with Gasteiger partial charge in [0.05, 0.1) is 123 Å². The fourth-order valence-electron chi connectivity index (χ4n) is 12.7. The molecule has 7 aromatic heterocycles. The number of imidazole rings is 3. The Morgan fingerprint density at radius 2 is 0.736 bits per heavy atom. The predicted octanol–water partition coefficient (Wildman–Crippen LogP) is 1.76. The molecule has 0 saturated carbocycles. The molecule has 13 unspecified atom stereocenters. The number of methoxy groups -OCH3 is 1. The lowest BCUT2D eigenvalue weighted by Gasteiger charge is -2.27. The summed E-state index contributed by atoms with van der Waals surface area (Å²) in [5, 5.41) is 0. The van der Waals surface area contributed by atoms with Gasteiger partial charge in [0, 0.05) is 39.7 Å². The minimum Gasteiger partial charge on any atom is -0.383 e. The molecule has 4 saturated heterocycles. The van der Waals surface area contributed by atoms with Crippen molar-refractivity contribution < 1.29 is 177 Å². The quantitative estimate of drug-likeness (QED) is 0.0191. The van der Waals surface area contributed by atoms with E-state index < -0.39 is 255 Å². The summed E-state index contributed by atoms with van der Waals surface area (Å²) in [5.74, 6) is -0.873. The van der Waals surface area contributed by atoms with Gasteiger partial charge >= 0.3 is 72.8 Å². The van der Waals surface area contributed by atoms with Crippen LogP contribution < -0.4 is 45.3 Å². The number of H-pyrrole nitrogens is 3. The number of fused-ring (bicyclic) bond motifs is 3. The maximum atomic E-state index is 13.7. The number of aromatic amines is 3. The lowest BCUT2D eigenvalue weighted by atomic mass is 10.1. The standard InChI is InChI=1S/C57H91N18O42P9S3/c1-4-31-32(22-39(110-31)73-28-62-42-47(73)66-54(59)69-50(42)76)115-125(93,128)109-26-36-34(24-41(112-36)75-30-64-44-49(75)68-56(61)71-52(44)78)116-126(94,129)108-25-35-33(23-40(111-35)74-29-63-43-48(74)67-55(60)70-51(43)77)114-123(90,91)106-21-9-19-104-121(86,87)102-17-7-15-100-119(82,83)98-13-5-12-97-118(80,81)99-14-6-16-101-120(84,85)103-18-8-20-105-122(88,89)107-27-37-45(117-124(92,127)96-3)46(95-2)53(113-37)72-11-10-38(58)65-57(72)79/h10-11,28-37,39-41,45-46,53H,4-9,12-27H2,1-3H3,(H,80,81)(H,82,83)(H,84,85)(H,86,87)(H,88,89)(H,90,91)(H,92,127)(H,93,128)(H,94,129)(H2,58,65,79)(H3,59,66,69,76)(H3,60,67,70,77)(H3,61,68,71,78)/t31-,32?,33?,34?,35-,36-,37-,39-,40-,41-,45?,46+,53-,124?,125?,126?/m1/s1. The van der Waals surface area contributed by atoms with Crippen molar-refractivity contribution in [3.05, 3.63) is 72.8 Å². The minimum atomic E-state index is -5.19. The molecule has 72 heteroatoms. The van der Waals surface area contributed by atoms with E-state index in [0.717, 1.165) is 18.0 Å². The summed E-state index contributed by atoms with van der Waals surface area (Å²) < 4.78 is 205. The second-order valence-corrected chi connectivity index (χ2v) is 44.7. The number of phosphoric acid groups is 6. The Hall–Kier alpha value is -4.82. The van der Waals surface area contributed by atoms with E-state index in [1.807, 2.05) is 0 Å². The number of nitrogens with two attached hydrogens (primary N) is 4. The van der Waals surface area contributed by atoms with E-state index in [9.17, 15) is 90.6 Å². The molecule has 11 rings (SSSR count). The third kappa shape index (κ3) is 29.8. The average molecular weight is 2080 g/mol. The van der Waals surface area contributed by atoms with Gasteiger partial charge in [0.25, 0.3) is 16.7 Å². The van der Waals surface area contributed by atoms with Gasteiger partial charge in [0.1, 0.15) is 61.1 Å². The fraction of sp³-hybridized carbons (Fsp3) is 0.667. The Morgan fingerprint density at radius 1 is 0.411 bits per heavy atom. The van der Waals surface area contributed by atoms with Crippen LogP contribution in [-0.4, -0.2) is 267 Å². The number of nitrogens with one attached hydrogen (secondary N) is 3. The average Bonchev–Trinajstić information content (AvgIpc) is 1.63. The lowest BCUT2D eigenvalue weighted by molar-refractivity contribution is -0.0625. The van der Waals surface area contributed by atoms with Crippen LogP contribution in [0.5, 0.6) is 0 Å². The molecule has 7 aromatic rings. The van der Waals surface area contributed by atoms with Gasteiger partial charge in [-0.3, -0.25) is 106 Å². The number of anilines is 4. The van der Waals surface area contributed by atoms with E-state index in [-0.39, 0.29) is 109 Å². The van der Waals surface area contributed by atoms with Gasteiger partial charge in [0.2, 0.25) is 17.8 Å². The third-order valence-electron chi connectivity index (χ3n) is 18.4. The van der Waals surface area contributed by atoms with Crippen LogP contribution in [0.15, 0.2) is 50.4 Å². The van der Waals surface area contributed by atoms with Crippen molar-refractivity contribution in [1.82, 2.24) is 68.1 Å². The van der Waals surface area contributed by atoms with Crippen LogP contribution in [0.2, 0.25) is 0 Å². The highest BCUT2D eigenvalue weighted by molar-refractivity contribution is 8.07. The van der Waals surface area contributed by atoms with E-state index in [0.29, 0.717) is 6.42 Å². The first-order valence-electron chi connectivity index (χ1n) is 37.9. The van der Waals surface area contributed by atoms with Gasteiger partial charge in [-0.25, -0.2) is 47.1 Å². The zero-order chi connectivity index (χ0) is 93.8. The van der Waals surface area contributed by atoms with Gasteiger partial charge in [-0.1, -0.05) is 6.92 Å². The Bertz CT molecular complexity index is 5760. The molecular formula is C57H91N18O42P9S3. The molecule has 22 atom stereocenters. The Kier molecular flexibility index (Phi) is 36.5. The maximum absolute atomic E-state index is 13.7. The van der Waals surface area contributed by atoms with Crippen LogP contribution in [0.1, 0.15) is 89.6 Å². The summed E-state index contributed by atoms with van der Waals surface area (Å²) in [7, 11) is -27.1. The summed E-state index contributed by atoms with van der Waals surface area (Å²) in [6.07, 6.45) is -12.3. The molecule has 0 amide bonds. The normalized spacial score (nSPS) is 26.4. The molecule has 4 aliphatic rings. The number of rotatable bonds is 54. The van der Waals surface area contributed by atoms with Crippen molar-refractivity contribution in [3.63, 3.8) is 0 Å².